The van der Waals surface area contributed by atoms with Crippen molar-refractivity contribution in [1.82, 2.24) is 10.2 Å². The third-order valence-corrected chi connectivity index (χ3v) is 4.93. The lowest BCUT2D eigenvalue weighted by Gasteiger charge is -2.04. The maximum Gasteiger partial charge on any atom is 0.234 e. The van der Waals surface area contributed by atoms with E-state index in [0.717, 1.165) is 17.8 Å². The quantitative estimate of drug-likeness (QED) is 0.627. The van der Waals surface area contributed by atoms with Crippen molar-refractivity contribution in [2.75, 3.05) is 16.4 Å². The first-order chi connectivity index (χ1) is 12.1. The SMILES string of the molecule is O=C(CSc1nnc(Nc2ccccc2)s1)Nc1ccc(F)c(F)c1. The normalized spacial score (nSPS) is 10.5. The summed E-state index contributed by atoms with van der Waals surface area (Å²) in [7, 11) is 0. The summed E-state index contributed by atoms with van der Waals surface area (Å²) in [6.45, 7) is 0. The minimum absolute atomic E-state index is 0.0823. The minimum Gasteiger partial charge on any atom is -0.330 e. The number of halogens is 2. The monoisotopic (exact) mass is 378 g/mol. The molecule has 0 saturated carbocycles. The number of nitrogens with one attached hydrogen (secondary N) is 2. The molecule has 0 aliphatic heterocycles. The summed E-state index contributed by atoms with van der Waals surface area (Å²) >= 11 is 2.53. The average Bonchev–Trinajstić information content (AvgIpc) is 3.05. The van der Waals surface area contributed by atoms with Gasteiger partial charge in [0.05, 0.1) is 5.75 Å². The summed E-state index contributed by atoms with van der Waals surface area (Å²) in [5, 5.41) is 14.2. The van der Waals surface area contributed by atoms with Crippen LogP contribution in [-0.2, 0) is 4.79 Å². The molecule has 0 atom stereocenters. The zero-order chi connectivity index (χ0) is 17.6. The molecule has 0 unspecified atom stereocenters. The fraction of sp³-hybridized carbons (Fsp3) is 0.0625. The van der Waals surface area contributed by atoms with Crippen LogP contribution >= 0.6 is 23.1 Å². The highest BCUT2D eigenvalue weighted by Gasteiger charge is 2.10. The standard InChI is InChI=1S/C16H12F2N4OS2/c17-12-7-6-11(8-13(12)18)19-14(23)9-24-16-22-21-15(25-16)20-10-4-2-1-3-5-10/h1-8H,9H2,(H,19,23)(H,20,21). The van der Waals surface area contributed by atoms with E-state index in [1.807, 2.05) is 30.3 Å². The van der Waals surface area contributed by atoms with Crippen LogP contribution in [0.2, 0.25) is 0 Å². The smallest absolute Gasteiger partial charge is 0.234 e. The molecule has 5 nitrogen and oxygen atoms in total. The number of para-hydroxylation sites is 1. The fourth-order valence-corrected chi connectivity index (χ4v) is 3.43. The molecular weight excluding hydrogens is 366 g/mol. The lowest BCUT2D eigenvalue weighted by atomic mass is 10.3. The van der Waals surface area contributed by atoms with E-state index in [1.54, 1.807) is 0 Å². The first kappa shape index (κ1) is 17.3. The van der Waals surface area contributed by atoms with Crippen molar-refractivity contribution in [3.8, 4) is 0 Å². The van der Waals surface area contributed by atoms with Crippen LogP contribution in [0.25, 0.3) is 0 Å². The Morgan fingerprint density at radius 3 is 2.60 bits per heavy atom. The molecule has 0 saturated heterocycles. The van der Waals surface area contributed by atoms with Gasteiger partial charge in [0.1, 0.15) is 0 Å². The third kappa shape index (κ3) is 4.97. The maximum absolute atomic E-state index is 13.1. The van der Waals surface area contributed by atoms with Gasteiger partial charge in [-0.2, -0.15) is 0 Å². The highest BCUT2D eigenvalue weighted by molar-refractivity contribution is 8.01. The molecule has 1 aromatic heterocycles. The van der Waals surface area contributed by atoms with Crippen molar-refractivity contribution >= 4 is 45.5 Å². The molecule has 0 aliphatic carbocycles. The first-order valence-electron chi connectivity index (χ1n) is 7.13. The average molecular weight is 378 g/mol. The van der Waals surface area contributed by atoms with Crippen molar-refractivity contribution < 1.29 is 13.6 Å². The van der Waals surface area contributed by atoms with Gasteiger partial charge < -0.3 is 10.6 Å². The number of carbonyl (C=O) groups is 1. The highest BCUT2D eigenvalue weighted by atomic mass is 32.2. The van der Waals surface area contributed by atoms with Crippen LogP contribution in [0.1, 0.15) is 0 Å². The molecule has 3 rings (SSSR count). The molecule has 25 heavy (non-hydrogen) atoms. The van der Waals surface area contributed by atoms with Gasteiger partial charge in [0.15, 0.2) is 16.0 Å². The van der Waals surface area contributed by atoms with Gasteiger partial charge in [0.25, 0.3) is 0 Å². The second kappa shape index (κ2) is 8.04. The Labute approximate surface area is 150 Å². The minimum atomic E-state index is -1.01. The summed E-state index contributed by atoms with van der Waals surface area (Å²) in [4.78, 5) is 11.9. The van der Waals surface area contributed by atoms with Gasteiger partial charge in [-0.1, -0.05) is 41.3 Å². The van der Waals surface area contributed by atoms with E-state index in [0.29, 0.717) is 9.47 Å². The number of hydrogen-bond donors (Lipinski definition) is 2. The van der Waals surface area contributed by atoms with Crippen molar-refractivity contribution in [2.24, 2.45) is 0 Å². The Hall–Kier alpha value is -2.52. The lowest BCUT2D eigenvalue weighted by Crippen LogP contribution is -2.14. The van der Waals surface area contributed by atoms with Gasteiger partial charge in [-0.25, -0.2) is 8.78 Å². The summed E-state index contributed by atoms with van der Waals surface area (Å²) in [5.41, 5.74) is 1.10. The van der Waals surface area contributed by atoms with Gasteiger partial charge in [-0.3, -0.25) is 4.79 Å². The second-order valence-corrected chi connectivity index (χ2v) is 7.03. The molecule has 2 aromatic carbocycles. The van der Waals surface area contributed by atoms with Crippen LogP contribution in [0.5, 0.6) is 0 Å². The first-order valence-corrected chi connectivity index (χ1v) is 8.93. The summed E-state index contributed by atoms with van der Waals surface area (Å²) in [6, 6.07) is 12.7. The molecule has 0 spiro atoms. The Bertz CT molecular complexity index is 874. The number of anilines is 3. The highest BCUT2D eigenvalue weighted by Crippen LogP contribution is 2.27. The van der Waals surface area contributed by atoms with Gasteiger partial charge in [-0.05, 0) is 24.3 Å². The lowest BCUT2D eigenvalue weighted by molar-refractivity contribution is -0.113. The van der Waals surface area contributed by atoms with E-state index in [4.69, 9.17) is 0 Å². The molecule has 1 amide bonds. The van der Waals surface area contributed by atoms with E-state index in [1.165, 1.54) is 29.2 Å². The van der Waals surface area contributed by atoms with E-state index in [9.17, 15) is 13.6 Å². The van der Waals surface area contributed by atoms with Gasteiger partial charge in [0, 0.05) is 17.4 Å². The Morgan fingerprint density at radius 1 is 1.04 bits per heavy atom. The number of amides is 1. The summed E-state index contributed by atoms with van der Waals surface area (Å²) in [6.07, 6.45) is 0. The Kier molecular flexibility index (Phi) is 5.56. The third-order valence-electron chi connectivity index (χ3n) is 2.96. The fourth-order valence-electron chi connectivity index (χ4n) is 1.86. The number of rotatable bonds is 6. The maximum atomic E-state index is 13.1. The largest absolute Gasteiger partial charge is 0.330 e. The number of carbonyl (C=O) groups excluding carboxylic acids is 1. The number of thioether (sulfide) groups is 1. The van der Waals surface area contributed by atoms with E-state index in [2.05, 4.69) is 20.8 Å². The second-order valence-electron chi connectivity index (χ2n) is 4.83. The topological polar surface area (TPSA) is 66.9 Å². The van der Waals surface area contributed by atoms with Crippen molar-refractivity contribution in [2.45, 2.75) is 4.34 Å². The molecule has 2 N–H and O–H groups in total. The van der Waals surface area contributed by atoms with Crippen LogP contribution < -0.4 is 10.6 Å². The zero-order valence-corrected chi connectivity index (χ0v) is 14.3. The molecule has 0 radical (unpaired) electrons. The molecule has 1 heterocycles. The molecule has 0 aliphatic rings. The molecular formula is C16H12F2N4OS2. The molecule has 0 bridgehead atoms. The number of nitrogens with zero attached hydrogens (tertiary/aromatic N) is 2. The van der Waals surface area contributed by atoms with Gasteiger partial charge >= 0.3 is 0 Å². The van der Waals surface area contributed by atoms with Crippen molar-refractivity contribution in [3.63, 3.8) is 0 Å². The van der Waals surface area contributed by atoms with Gasteiger partial charge in [-0.15, -0.1) is 10.2 Å². The van der Waals surface area contributed by atoms with Gasteiger partial charge in [0.2, 0.25) is 11.0 Å². The summed E-state index contributed by atoms with van der Waals surface area (Å²) < 4.78 is 26.6. The van der Waals surface area contributed by atoms with Crippen LogP contribution in [0.4, 0.5) is 25.3 Å². The van der Waals surface area contributed by atoms with Crippen LogP contribution in [0.3, 0.4) is 0 Å². The van der Waals surface area contributed by atoms with E-state index >= 15 is 0 Å². The summed E-state index contributed by atoms with van der Waals surface area (Å²) in [5.74, 6) is -2.23. The molecule has 0 fully saturated rings. The molecule has 128 valence electrons. The predicted octanol–water partition coefficient (Wildman–Crippen LogP) is 4.29. The number of aromatic nitrogens is 2. The van der Waals surface area contributed by atoms with Crippen LogP contribution in [0, 0.1) is 11.6 Å². The van der Waals surface area contributed by atoms with Crippen molar-refractivity contribution in [1.29, 1.82) is 0 Å². The van der Waals surface area contributed by atoms with Crippen LogP contribution in [-0.4, -0.2) is 21.9 Å². The number of hydrogen-bond acceptors (Lipinski definition) is 6. The Balaban J connectivity index is 1.51. The van der Waals surface area contributed by atoms with E-state index in [-0.39, 0.29) is 17.3 Å². The zero-order valence-electron chi connectivity index (χ0n) is 12.7. The predicted molar refractivity (Wildman–Crippen MR) is 95.3 cm³/mol. The van der Waals surface area contributed by atoms with Crippen molar-refractivity contribution in [3.05, 3.63) is 60.2 Å². The van der Waals surface area contributed by atoms with Crippen LogP contribution in [0.15, 0.2) is 52.9 Å². The Morgan fingerprint density at radius 2 is 1.84 bits per heavy atom. The molecule has 9 heteroatoms. The van der Waals surface area contributed by atoms with E-state index < -0.39 is 11.6 Å². The molecule has 3 aromatic rings. The number of benzene rings is 2.